The zero-order chi connectivity index (χ0) is 18.7. The third-order valence-corrected chi connectivity index (χ3v) is 6.36. The van der Waals surface area contributed by atoms with Gasteiger partial charge in [-0.3, -0.25) is 4.79 Å². The second-order valence-electron chi connectivity index (χ2n) is 6.60. The lowest BCUT2D eigenvalue weighted by atomic mass is 10.0. The Hall–Kier alpha value is -2.25. The van der Waals surface area contributed by atoms with Crippen LogP contribution in [0.4, 0.5) is 10.1 Å². The van der Waals surface area contributed by atoms with Gasteiger partial charge >= 0.3 is 0 Å². The van der Waals surface area contributed by atoms with E-state index in [1.807, 2.05) is 6.92 Å². The molecule has 1 atom stereocenters. The molecule has 2 aromatic carbocycles. The number of hydrogen-bond acceptors (Lipinski definition) is 3. The largest absolute Gasteiger partial charge is 0.322 e. The Morgan fingerprint density at radius 3 is 2.38 bits per heavy atom. The molecule has 0 saturated carbocycles. The summed E-state index contributed by atoms with van der Waals surface area (Å²) in [5.41, 5.74) is 0.802. The third kappa shape index (κ3) is 4.11. The molecule has 1 heterocycles. The molecule has 0 spiro atoms. The maximum Gasteiger partial charge on any atom is 0.255 e. The lowest BCUT2D eigenvalue weighted by Crippen LogP contribution is -2.39. The highest BCUT2D eigenvalue weighted by Crippen LogP contribution is 2.23. The van der Waals surface area contributed by atoms with Gasteiger partial charge in [-0.1, -0.05) is 6.92 Å². The zero-order valence-corrected chi connectivity index (χ0v) is 15.3. The van der Waals surface area contributed by atoms with Gasteiger partial charge in [-0.15, -0.1) is 0 Å². The first-order chi connectivity index (χ1) is 12.4. The van der Waals surface area contributed by atoms with E-state index in [9.17, 15) is 17.6 Å². The van der Waals surface area contributed by atoms with Gasteiger partial charge in [0.1, 0.15) is 5.82 Å². The molecule has 0 bridgehead atoms. The molecule has 1 aliphatic rings. The van der Waals surface area contributed by atoms with E-state index in [0.29, 0.717) is 30.3 Å². The number of nitrogens with one attached hydrogen (secondary N) is 1. The molecule has 1 aliphatic heterocycles. The molecule has 2 aromatic rings. The highest BCUT2D eigenvalue weighted by atomic mass is 32.2. The van der Waals surface area contributed by atoms with Crippen LogP contribution in [0.15, 0.2) is 53.4 Å². The van der Waals surface area contributed by atoms with Crippen molar-refractivity contribution in [2.24, 2.45) is 5.92 Å². The van der Waals surface area contributed by atoms with Gasteiger partial charge in [-0.05, 0) is 67.3 Å². The van der Waals surface area contributed by atoms with E-state index in [1.165, 1.54) is 52.8 Å². The van der Waals surface area contributed by atoms with Crippen LogP contribution in [0.2, 0.25) is 0 Å². The number of nitrogens with zero attached hydrogens (tertiary/aromatic N) is 1. The highest BCUT2D eigenvalue weighted by Gasteiger charge is 2.28. The van der Waals surface area contributed by atoms with E-state index in [1.54, 1.807) is 0 Å². The molecule has 0 radical (unpaired) electrons. The van der Waals surface area contributed by atoms with Crippen LogP contribution in [0.1, 0.15) is 30.1 Å². The number of piperidine rings is 1. The maximum absolute atomic E-state index is 12.9. The minimum atomic E-state index is -3.54. The first kappa shape index (κ1) is 18.5. The molecule has 0 aromatic heterocycles. The fourth-order valence-electron chi connectivity index (χ4n) is 3.03. The summed E-state index contributed by atoms with van der Waals surface area (Å²) in [7, 11) is -3.54. The Labute approximate surface area is 152 Å². The van der Waals surface area contributed by atoms with Gasteiger partial charge in [0, 0.05) is 24.3 Å². The molecule has 1 amide bonds. The van der Waals surface area contributed by atoms with Crippen molar-refractivity contribution in [3.05, 3.63) is 59.9 Å². The normalized spacial score (nSPS) is 18.5. The summed E-state index contributed by atoms with van der Waals surface area (Å²) in [4.78, 5) is 12.4. The van der Waals surface area contributed by atoms with Crippen LogP contribution in [-0.4, -0.2) is 31.7 Å². The lowest BCUT2D eigenvalue weighted by Gasteiger charge is -2.30. The Kier molecular flexibility index (Phi) is 5.38. The minimum absolute atomic E-state index is 0.185. The first-order valence-corrected chi connectivity index (χ1v) is 9.97. The van der Waals surface area contributed by atoms with E-state index in [-0.39, 0.29) is 16.6 Å². The fourth-order valence-corrected chi connectivity index (χ4v) is 4.63. The molecule has 138 valence electrons. The molecule has 1 fully saturated rings. The molecule has 1 N–H and O–H groups in total. The smallest absolute Gasteiger partial charge is 0.255 e. The standard InChI is InChI=1S/C19H21FN2O3S/c1-14-3-2-12-22(13-14)26(24,25)18-10-4-15(5-11-18)19(23)21-17-8-6-16(20)7-9-17/h4-11,14H,2-3,12-13H2,1H3,(H,21,23)/t14-/m0/s1. The van der Waals surface area contributed by atoms with Gasteiger partial charge in [0.2, 0.25) is 10.0 Å². The summed E-state index contributed by atoms with van der Waals surface area (Å²) < 4.78 is 39.9. The van der Waals surface area contributed by atoms with Gasteiger partial charge < -0.3 is 5.32 Å². The number of rotatable bonds is 4. The van der Waals surface area contributed by atoms with Crippen molar-refractivity contribution < 1.29 is 17.6 Å². The molecule has 1 saturated heterocycles. The Balaban J connectivity index is 1.73. The zero-order valence-electron chi connectivity index (χ0n) is 14.5. The van der Waals surface area contributed by atoms with Crippen LogP contribution in [0.3, 0.4) is 0 Å². The van der Waals surface area contributed by atoms with Crippen molar-refractivity contribution in [3.63, 3.8) is 0 Å². The summed E-state index contributed by atoms with van der Waals surface area (Å²) in [6.07, 6.45) is 1.90. The predicted octanol–water partition coefficient (Wildman–Crippen LogP) is 3.50. The molecule has 0 aliphatic carbocycles. The average molecular weight is 376 g/mol. The average Bonchev–Trinajstić information content (AvgIpc) is 2.64. The predicted molar refractivity (Wildman–Crippen MR) is 98.0 cm³/mol. The van der Waals surface area contributed by atoms with E-state index in [2.05, 4.69) is 5.32 Å². The molecular formula is C19H21FN2O3S. The van der Waals surface area contributed by atoms with Crippen molar-refractivity contribution in [2.45, 2.75) is 24.7 Å². The Morgan fingerprint density at radius 2 is 1.77 bits per heavy atom. The molecule has 3 rings (SSSR count). The van der Waals surface area contributed by atoms with Gasteiger partial charge in [0.05, 0.1) is 4.90 Å². The van der Waals surface area contributed by atoms with Gasteiger partial charge in [0.15, 0.2) is 0 Å². The topological polar surface area (TPSA) is 66.5 Å². The van der Waals surface area contributed by atoms with E-state index in [4.69, 9.17) is 0 Å². The number of carbonyl (C=O) groups excluding carboxylic acids is 1. The van der Waals surface area contributed by atoms with Crippen molar-refractivity contribution in [1.82, 2.24) is 4.31 Å². The van der Waals surface area contributed by atoms with Gasteiger partial charge in [0.25, 0.3) is 5.91 Å². The van der Waals surface area contributed by atoms with Crippen molar-refractivity contribution >= 4 is 21.6 Å². The Morgan fingerprint density at radius 1 is 1.12 bits per heavy atom. The van der Waals surface area contributed by atoms with E-state index in [0.717, 1.165) is 12.8 Å². The number of anilines is 1. The molecule has 5 nitrogen and oxygen atoms in total. The molecule has 7 heteroatoms. The van der Waals surface area contributed by atoms with Gasteiger partial charge in [-0.2, -0.15) is 4.31 Å². The van der Waals surface area contributed by atoms with Crippen LogP contribution in [-0.2, 0) is 10.0 Å². The lowest BCUT2D eigenvalue weighted by molar-refractivity contribution is 0.102. The van der Waals surface area contributed by atoms with Crippen LogP contribution in [0.5, 0.6) is 0 Å². The van der Waals surface area contributed by atoms with Crippen LogP contribution in [0, 0.1) is 11.7 Å². The van der Waals surface area contributed by atoms with Crippen LogP contribution in [0.25, 0.3) is 0 Å². The second kappa shape index (κ2) is 7.55. The molecule has 26 heavy (non-hydrogen) atoms. The number of amides is 1. The number of sulfonamides is 1. The van der Waals surface area contributed by atoms with Crippen molar-refractivity contribution in [2.75, 3.05) is 18.4 Å². The fraction of sp³-hybridized carbons (Fsp3) is 0.316. The second-order valence-corrected chi connectivity index (χ2v) is 8.53. The molecule has 0 unspecified atom stereocenters. The van der Waals surface area contributed by atoms with Crippen LogP contribution >= 0.6 is 0 Å². The van der Waals surface area contributed by atoms with Crippen LogP contribution < -0.4 is 5.32 Å². The van der Waals surface area contributed by atoms with E-state index < -0.39 is 10.0 Å². The van der Waals surface area contributed by atoms with E-state index >= 15 is 0 Å². The summed E-state index contributed by atoms with van der Waals surface area (Å²) in [5.74, 6) is -0.420. The molecular weight excluding hydrogens is 355 g/mol. The Bertz CT molecular complexity index is 880. The highest BCUT2D eigenvalue weighted by molar-refractivity contribution is 7.89. The maximum atomic E-state index is 12.9. The van der Waals surface area contributed by atoms with Crippen molar-refractivity contribution in [3.8, 4) is 0 Å². The third-order valence-electron chi connectivity index (χ3n) is 4.48. The SMILES string of the molecule is C[C@H]1CCCN(S(=O)(=O)c2ccc(C(=O)Nc3ccc(F)cc3)cc2)C1. The monoisotopic (exact) mass is 376 g/mol. The first-order valence-electron chi connectivity index (χ1n) is 8.53. The van der Waals surface area contributed by atoms with Gasteiger partial charge in [-0.25, -0.2) is 12.8 Å². The summed E-state index contributed by atoms with van der Waals surface area (Å²) in [6.45, 7) is 3.10. The summed E-state index contributed by atoms with van der Waals surface area (Å²) >= 11 is 0. The van der Waals surface area contributed by atoms with Crippen molar-refractivity contribution in [1.29, 1.82) is 0 Å². The number of carbonyl (C=O) groups is 1. The summed E-state index contributed by atoms with van der Waals surface area (Å²) in [6, 6.07) is 11.3. The number of hydrogen-bond donors (Lipinski definition) is 1. The minimum Gasteiger partial charge on any atom is -0.322 e. The number of halogens is 1. The quantitative estimate of drug-likeness (QED) is 0.888. The number of benzene rings is 2. The summed E-state index contributed by atoms with van der Waals surface area (Å²) in [5, 5.41) is 2.65.